The van der Waals surface area contributed by atoms with E-state index in [0.717, 1.165) is 56.3 Å². The third kappa shape index (κ3) is 6.12. The number of fused-ring (bicyclic) bond motifs is 2. The quantitative estimate of drug-likeness (QED) is 0.234. The molecule has 10 heteroatoms. The lowest BCUT2D eigenvalue weighted by atomic mass is 10.0. The first-order valence-corrected chi connectivity index (χ1v) is 12.1. The number of rotatable bonds is 5. The molecule has 3 aromatic carbocycles. The number of imidazole rings is 1. The smallest absolute Gasteiger partial charge is 0.199 e. The zero-order valence-electron chi connectivity index (χ0n) is 21.0. The molecule has 0 spiro atoms. The van der Waals surface area contributed by atoms with E-state index >= 15 is 0 Å². The average Bonchev–Trinajstić information content (AvgIpc) is 3.67. The second kappa shape index (κ2) is 12.8. The number of para-hydroxylation sites is 1. The molecule has 3 N–H and O–H groups in total. The van der Waals surface area contributed by atoms with Crippen LogP contribution < -0.4 is 9.47 Å². The fourth-order valence-electron chi connectivity index (χ4n) is 4.19. The molecule has 0 amide bonds. The van der Waals surface area contributed by atoms with Crippen LogP contribution in [0.25, 0.3) is 22.3 Å². The Morgan fingerprint density at radius 2 is 1.90 bits per heavy atom. The summed E-state index contributed by atoms with van der Waals surface area (Å²) in [7, 11) is 1.00. The van der Waals surface area contributed by atoms with Gasteiger partial charge in [-0.15, -0.1) is 0 Å². The van der Waals surface area contributed by atoms with Crippen molar-refractivity contribution in [3.8, 4) is 28.6 Å². The highest BCUT2D eigenvalue weighted by atomic mass is 19.1. The zero-order chi connectivity index (χ0) is 27.8. The van der Waals surface area contributed by atoms with Gasteiger partial charge in [0.05, 0.1) is 17.7 Å². The first-order chi connectivity index (χ1) is 19.0. The number of hydrogen-bond donors (Lipinski definition) is 3. The van der Waals surface area contributed by atoms with Gasteiger partial charge >= 0.3 is 0 Å². The van der Waals surface area contributed by atoms with Crippen LogP contribution >= 0.6 is 0 Å². The number of halogens is 3. The highest BCUT2D eigenvalue weighted by Crippen LogP contribution is 2.34. The minimum Gasteiger partial charge on any atom is -0.493 e. The molecule has 0 saturated carbocycles. The van der Waals surface area contributed by atoms with Gasteiger partial charge in [-0.25, -0.2) is 18.2 Å². The van der Waals surface area contributed by atoms with E-state index in [-0.39, 0.29) is 16.7 Å². The van der Waals surface area contributed by atoms with Gasteiger partial charge in [0.1, 0.15) is 29.4 Å². The highest BCUT2D eigenvalue weighted by Gasteiger charge is 2.18. The van der Waals surface area contributed by atoms with Crippen LogP contribution in [0, 0.1) is 17.5 Å². The number of nitrogens with zero attached hydrogens (tertiary/aromatic N) is 1. The number of aromatic nitrogens is 3. The molecule has 0 aliphatic carbocycles. The molecule has 2 aromatic heterocycles. The minimum atomic E-state index is -0.855. The third-order valence-corrected chi connectivity index (χ3v) is 5.93. The van der Waals surface area contributed by atoms with Gasteiger partial charge in [0, 0.05) is 49.1 Å². The lowest BCUT2D eigenvalue weighted by Crippen LogP contribution is -2.10. The number of benzene rings is 3. The topological polar surface area (TPSA) is 100 Å². The Balaban J connectivity index is 0.000000199. The van der Waals surface area contributed by atoms with Gasteiger partial charge in [-0.1, -0.05) is 18.2 Å². The number of carbonyl (C=O) groups excluding carboxylic acids is 1. The van der Waals surface area contributed by atoms with E-state index in [9.17, 15) is 18.0 Å². The Hall–Kier alpha value is -4.57. The van der Waals surface area contributed by atoms with Crippen molar-refractivity contribution >= 4 is 17.2 Å². The van der Waals surface area contributed by atoms with Crippen LogP contribution in [0.5, 0.6) is 17.2 Å². The third-order valence-electron chi connectivity index (χ3n) is 5.93. The fraction of sp³-hybridized carbons (Fsp3) is 0.172. The number of carbonyl (C=O) groups is 1. The van der Waals surface area contributed by atoms with Gasteiger partial charge in [-0.2, -0.15) is 0 Å². The van der Waals surface area contributed by atoms with Crippen LogP contribution in [-0.2, 0) is 17.6 Å². The predicted molar refractivity (Wildman–Crippen MR) is 140 cm³/mol. The maximum atomic E-state index is 14.4. The SMILES string of the molecule is CO.Fc1ccc(Oc2c(F)cc3[nH]ccc3c2F)cc1-c1ncc[nH]1.O=CCc1cccc2c1OCCC2. The minimum absolute atomic E-state index is 0.0930. The maximum absolute atomic E-state index is 14.4. The van der Waals surface area contributed by atoms with Crippen molar-refractivity contribution in [2.24, 2.45) is 0 Å². The molecule has 1 aliphatic rings. The molecule has 0 radical (unpaired) electrons. The molecule has 6 rings (SSSR count). The van der Waals surface area contributed by atoms with Gasteiger partial charge in [0.2, 0.25) is 0 Å². The Morgan fingerprint density at radius 1 is 1.05 bits per heavy atom. The fourth-order valence-corrected chi connectivity index (χ4v) is 4.19. The van der Waals surface area contributed by atoms with Crippen molar-refractivity contribution in [3.63, 3.8) is 0 Å². The van der Waals surface area contributed by atoms with Gasteiger partial charge in [0.25, 0.3) is 0 Å². The Labute approximate surface area is 222 Å². The highest BCUT2D eigenvalue weighted by molar-refractivity contribution is 5.82. The molecule has 5 aromatic rings. The molecular weight excluding hydrogens is 511 g/mol. The second-order valence-corrected chi connectivity index (χ2v) is 8.35. The molecule has 202 valence electrons. The normalized spacial score (nSPS) is 11.8. The standard InChI is InChI=1S/C17H10F3N3O.C11H12O2.CH4O/c18-12-2-1-9(7-11(12)17-22-5-6-23-17)24-16-13(19)8-14-10(15(16)20)3-4-21-14;12-7-6-10-4-1-3-9-5-2-8-13-11(9)10;1-2/h1-8,21H,(H,22,23);1,3-4,7H,2,5-6,8H2;2H,1H3. The summed E-state index contributed by atoms with van der Waals surface area (Å²) in [6.45, 7) is 0.781. The molecule has 1 aliphatic heterocycles. The van der Waals surface area contributed by atoms with Gasteiger partial charge in [0.15, 0.2) is 17.4 Å². The monoisotopic (exact) mass is 537 g/mol. The summed E-state index contributed by atoms with van der Waals surface area (Å²) < 4.78 is 53.4. The molecule has 0 atom stereocenters. The largest absolute Gasteiger partial charge is 0.493 e. The van der Waals surface area contributed by atoms with Crippen molar-refractivity contribution in [2.75, 3.05) is 13.7 Å². The molecule has 3 heterocycles. The summed E-state index contributed by atoms with van der Waals surface area (Å²) in [6, 6.07) is 12.4. The number of aryl methyl sites for hydroxylation is 1. The molecule has 39 heavy (non-hydrogen) atoms. The lowest BCUT2D eigenvalue weighted by Gasteiger charge is -2.19. The van der Waals surface area contributed by atoms with Crippen LogP contribution in [-0.4, -0.2) is 40.1 Å². The van der Waals surface area contributed by atoms with E-state index in [1.807, 2.05) is 12.1 Å². The van der Waals surface area contributed by atoms with E-state index in [2.05, 4.69) is 21.0 Å². The number of aldehydes is 1. The van der Waals surface area contributed by atoms with Crippen molar-refractivity contribution in [1.29, 1.82) is 0 Å². The van der Waals surface area contributed by atoms with Gasteiger partial charge in [-0.05, 0) is 42.7 Å². The summed E-state index contributed by atoms with van der Waals surface area (Å²) in [6.07, 6.45) is 8.06. The summed E-state index contributed by atoms with van der Waals surface area (Å²) in [4.78, 5) is 19.9. The Bertz CT molecular complexity index is 1550. The van der Waals surface area contributed by atoms with Crippen molar-refractivity contribution in [2.45, 2.75) is 19.3 Å². The van der Waals surface area contributed by atoms with Crippen LogP contribution in [0.15, 0.2) is 67.1 Å². The number of aliphatic hydroxyl groups is 1. The number of nitrogens with one attached hydrogen (secondary N) is 2. The van der Waals surface area contributed by atoms with Crippen molar-refractivity contribution < 1.29 is 32.5 Å². The molecule has 0 fully saturated rings. The molecule has 0 bridgehead atoms. The molecular formula is C29H26F3N3O4. The number of aliphatic hydroxyl groups excluding tert-OH is 1. The number of hydrogen-bond acceptors (Lipinski definition) is 5. The number of ether oxygens (including phenoxy) is 2. The van der Waals surface area contributed by atoms with Gasteiger partial charge in [-0.3, -0.25) is 0 Å². The number of aromatic amines is 2. The lowest BCUT2D eigenvalue weighted by molar-refractivity contribution is -0.107. The molecule has 0 saturated heterocycles. The van der Waals surface area contributed by atoms with Gasteiger partial charge < -0.3 is 29.3 Å². The number of H-pyrrole nitrogens is 2. The first-order valence-electron chi connectivity index (χ1n) is 12.1. The summed E-state index contributed by atoms with van der Waals surface area (Å²) in [5.41, 5.74) is 2.73. The van der Waals surface area contributed by atoms with E-state index in [1.54, 1.807) is 6.20 Å². The molecule has 0 unspecified atom stereocenters. The average molecular weight is 538 g/mol. The van der Waals surface area contributed by atoms with Crippen LogP contribution in [0.2, 0.25) is 0 Å². The van der Waals surface area contributed by atoms with Crippen molar-refractivity contribution in [3.05, 3.63) is 95.7 Å². The molecule has 7 nitrogen and oxygen atoms in total. The predicted octanol–water partition coefficient (Wildman–Crippen LogP) is 6.13. The van der Waals surface area contributed by atoms with E-state index in [1.165, 1.54) is 36.2 Å². The van der Waals surface area contributed by atoms with E-state index < -0.39 is 23.2 Å². The van der Waals surface area contributed by atoms with Crippen LogP contribution in [0.4, 0.5) is 13.2 Å². The maximum Gasteiger partial charge on any atom is 0.199 e. The van der Waals surface area contributed by atoms with Crippen molar-refractivity contribution in [1.82, 2.24) is 15.0 Å². The summed E-state index contributed by atoms with van der Waals surface area (Å²) in [5, 5.41) is 7.21. The van der Waals surface area contributed by atoms with Crippen LogP contribution in [0.3, 0.4) is 0 Å². The second-order valence-electron chi connectivity index (χ2n) is 8.35. The summed E-state index contributed by atoms with van der Waals surface area (Å²) in [5.74, 6) is -1.42. The van der Waals surface area contributed by atoms with E-state index in [0.29, 0.717) is 17.8 Å². The van der Waals surface area contributed by atoms with Crippen LogP contribution in [0.1, 0.15) is 17.5 Å². The Kier molecular flexibility index (Phi) is 9.01. The first kappa shape index (κ1) is 27.5. The zero-order valence-corrected chi connectivity index (χ0v) is 21.0. The van der Waals surface area contributed by atoms with E-state index in [4.69, 9.17) is 14.6 Å². The summed E-state index contributed by atoms with van der Waals surface area (Å²) >= 11 is 0. The Morgan fingerprint density at radius 3 is 2.67 bits per heavy atom.